The molecule has 3 rings (SSSR count). The third-order valence-electron chi connectivity index (χ3n) is 4.86. The van der Waals surface area contributed by atoms with Crippen LogP contribution >= 0.6 is 0 Å². The molecule has 1 aliphatic heterocycles. The molecule has 0 spiro atoms. The molecular weight excluding hydrogens is 272 g/mol. The molecule has 20 heavy (non-hydrogen) atoms. The molecule has 1 aromatic carbocycles. The van der Waals surface area contributed by atoms with Crippen molar-refractivity contribution < 1.29 is 8.42 Å². The molecule has 2 fully saturated rings. The highest BCUT2D eigenvalue weighted by molar-refractivity contribution is 7.89. The summed E-state index contributed by atoms with van der Waals surface area (Å²) in [7, 11) is -3.40. The van der Waals surface area contributed by atoms with Crippen molar-refractivity contribution in [3.8, 4) is 0 Å². The molecule has 2 aliphatic rings. The second kappa shape index (κ2) is 4.74. The smallest absolute Gasteiger partial charge is 0.243 e. The van der Waals surface area contributed by atoms with Gasteiger partial charge in [0.15, 0.2) is 0 Å². The molecule has 1 saturated heterocycles. The van der Waals surface area contributed by atoms with Crippen molar-refractivity contribution in [2.45, 2.75) is 38.0 Å². The lowest BCUT2D eigenvalue weighted by molar-refractivity contribution is 0.445. The Morgan fingerprint density at radius 3 is 2.35 bits per heavy atom. The molecule has 1 heterocycles. The van der Waals surface area contributed by atoms with E-state index in [1.165, 1.54) is 19.3 Å². The Balaban J connectivity index is 1.97. The minimum atomic E-state index is -3.40. The van der Waals surface area contributed by atoms with Crippen molar-refractivity contribution in [3.05, 3.63) is 23.3 Å². The van der Waals surface area contributed by atoms with E-state index in [1.807, 2.05) is 13.0 Å². The predicted molar refractivity (Wildman–Crippen MR) is 79.9 cm³/mol. The Morgan fingerprint density at radius 1 is 1.15 bits per heavy atom. The Hall–Kier alpha value is -1.07. The number of sulfonamides is 1. The lowest BCUT2D eigenvalue weighted by atomic mass is 10.0. The minimum Gasteiger partial charge on any atom is -0.398 e. The first-order valence-electron chi connectivity index (χ1n) is 7.26. The van der Waals surface area contributed by atoms with Crippen LogP contribution in [0.1, 0.15) is 30.4 Å². The predicted octanol–water partition coefficient (Wildman–Crippen LogP) is 2.31. The molecule has 1 saturated carbocycles. The minimum absolute atomic E-state index is 0.384. The van der Waals surface area contributed by atoms with Gasteiger partial charge in [0.2, 0.25) is 10.0 Å². The number of fused-ring (bicyclic) bond motifs is 1. The fraction of sp³-hybridized carbons (Fsp3) is 0.600. The van der Waals surface area contributed by atoms with Crippen LogP contribution in [0.3, 0.4) is 0 Å². The van der Waals surface area contributed by atoms with Gasteiger partial charge in [0.05, 0.1) is 4.90 Å². The van der Waals surface area contributed by atoms with Crippen LogP contribution in [0.25, 0.3) is 0 Å². The van der Waals surface area contributed by atoms with Crippen LogP contribution in [0.5, 0.6) is 0 Å². The largest absolute Gasteiger partial charge is 0.398 e. The van der Waals surface area contributed by atoms with Crippen LogP contribution in [-0.2, 0) is 10.0 Å². The number of anilines is 1. The molecular formula is C15H22N2O2S. The first-order chi connectivity index (χ1) is 9.39. The lowest BCUT2D eigenvalue weighted by Crippen LogP contribution is -2.30. The van der Waals surface area contributed by atoms with E-state index in [9.17, 15) is 8.42 Å². The number of nitrogens with zero attached hydrogens (tertiary/aromatic N) is 1. The SMILES string of the molecule is Cc1cc(N)c(C)c(S(=O)(=O)N2CC3CCCC3C2)c1. The maximum absolute atomic E-state index is 12.9. The monoisotopic (exact) mass is 294 g/mol. The van der Waals surface area contributed by atoms with E-state index in [0.29, 0.717) is 41.1 Å². The number of rotatable bonds is 2. The first-order valence-corrected chi connectivity index (χ1v) is 8.70. The summed E-state index contributed by atoms with van der Waals surface area (Å²) in [5.41, 5.74) is 8.05. The normalized spacial score (nSPS) is 26.9. The van der Waals surface area contributed by atoms with Crippen LogP contribution in [0.2, 0.25) is 0 Å². The van der Waals surface area contributed by atoms with Gasteiger partial charge in [-0.05, 0) is 61.8 Å². The zero-order valence-electron chi connectivity index (χ0n) is 12.1. The van der Waals surface area contributed by atoms with Crippen LogP contribution < -0.4 is 5.73 Å². The molecule has 0 bridgehead atoms. The fourth-order valence-electron chi connectivity index (χ4n) is 3.65. The van der Waals surface area contributed by atoms with E-state index < -0.39 is 10.0 Å². The molecule has 0 radical (unpaired) electrons. The summed E-state index contributed by atoms with van der Waals surface area (Å²) < 4.78 is 27.4. The Bertz CT molecular complexity index is 628. The quantitative estimate of drug-likeness (QED) is 0.851. The van der Waals surface area contributed by atoms with Gasteiger partial charge in [0, 0.05) is 18.8 Å². The molecule has 2 unspecified atom stereocenters. The van der Waals surface area contributed by atoms with Crippen LogP contribution in [0.4, 0.5) is 5.69 Å². The van der Waals surface area contributed by atoms with Crippen molar-refractivity contribution in [1.82, 2.24) is 4.31 Å². The van der Waals surface area contributed by atoms with E-state index in [-0.39, 0.29) is 0 Å². The molecule has 4 nitrogen and oxygen atoms in total. The Morgan fingerprint density at radius 2 is 1.75 bits per heavy atom. The number of benzene rings is 1. The van der Waals surface area contributed by atoms with Gasteiger partial charge in [-0.1, -0.05) is 6.42 Å². The second-order valence-electron chi connectivity index (χ2n) is 6.25. The average Bonchev–Trinajstić information content (AvgIpc) is 2.94. The van der Waals surface area contributed by atoms with Gasteiger partial charge in [0.25, 0.3) is 0 Å². The molecule has 0 aromatic heterocycles. The van der Waals surface area contributed by atoms with Crippen molar-refractivity contribution in [3.63, 3.8) is 0 Å². The Labute approximate surface area is 121 Å². The summed E-state index contributed by atoms with van der Waals surface area (Å²) in [5.74, 6) is 1.12. The average molecular weight is 294 g/mol. The topological polar surface area (TPSA) is 63.4 Å². The third-order valence-corrected chi connectivity index (χ3v) is 6.81. The summed E-state index contributed by atoms with van der Waals surface area (Å²) in [4.78, 5) is 0.384. The van der Waals surface area contributed by atoms with Gasteiger partial charge >= 0.3 is 0 Å². The van der Waals surface area contributed by atoms with Crippen LogP contribution in [0.15, 0.2) is 17.0 Å². The summed E-state index contributed by atoms with van der Waals surface area (Å²) in [5, 5.41) is 0. The third kappa shape index (κ3) is 2.13. The highest BCUT2D eigenvalue weighted by Gasteiger charge is 2.41. The highest BCUT2D eigenvalue weighted by atomic mass is 32.2. The molecule has 110 valence electrons. The molecule has 1 aromatic rings. The number of hydrogen-bond acceptors (Lipinski definition) is 3. The summed E-state index contributed by atoms with van der Waals surface area (Å²) >= 11 is 0. The zero-order chi connectivity index (χ0) is 14.5. The van der Waals surface area contributed by atoms with E-state index in [4.69, 9.17) is 5.73 Å². The standard InChI is InChI=1S/C15H22N2O2S/c1-10-6-14(16)11(2)15(7-10)20(18,19)17-8-12-4-3-5-13(12)9-17/h6-7,12-13H,3-5,8-9,16H2,1-2H3. The van der Waals surface area contributed by atoms with E-state index in [0.717, 1.165) is 5.56 Å². The molecule has 5 heteroatoms. The second-order valence-corrected chi connectivity index (χ2v) is 8.16. The van der Waals surface area contributed by atoms with Crippen LogP contribution in [0, 0.1) is 25.7 Å². The van der Waals surface area contributed by atoms with Crippen molar-refractivity contribution in [2.24, 2.45) is 11.8 Å². The maximum atomic E-state index is 12.9. The van der Waals surface area contributed by atoms with E-state index >= 15 is 0 Å². The fourth-order valence-corrected chi connectivity index (χ4v) is 5.54. The molecule has 2 atom stereocenters. The number of hydrogen-bond donors (Lipinski definition) is 1. The zero-order valence-corrected chi connectivity index (χ0v) is 12.9. The maximum Gasteiger partial charge on any atom is 0.243 e. The first kappa shape index (κ1) is 13.9. The molecule has 2 N–H and O–H groups in total. The van der Waals surface area contributed by atoms with Gasteiger partial charge in [0.1, 0.15) is 0 Å². The van der Waals surface area contributed by atoms with Gasteiger partial charge in [-0.3, -0.25) is 0 Å². The van der Waals surface area contributed by atoms with Gasteiger partial charge < -0.3 is 5.73 Å². The summed E-state index contributed by atoms with van der Waals surface area (Å²) in [6, 6.07) is 3.57. The summed E-state index contributed by atoms with van der Waals surface area (Å²) in [6.07, 6.45) is 3.59. The number of nitrogens with two attached hydrogens (primary N) is 1. The van der Waals surface area contributed by atoms with Crippen molar-refractivity contribution in [2.75, 3.05) is 18.8 Å². The van der Waals surface area contributed by atoms with E-state index in [2.05, 4.69) is 0 Å². The van der Waals surface area contributed by atoms with Gasteiger partial charge in [-0.25, -0.2) is 8.42 Å². The van der Waals surface area contributed by atoms with Gasteiger partial charge in [-0.15, -0.1) is 0 Å². The van der Waals surface area contributed by atoms with E-state index in [1.54, 1.807) is 17.3 Å². The highest BCUT2D eigenvalue weighted by Crippen LogP contribution is 2.40. The van der Waals surface area contributed by atoms with Gasteiger partial charge in [-0.2, -0.15) is 4.31 Å². The number of nitrogen functional groups attached to an aromatic ring is 1. The van der Waals surface area contributed by atoms with Crippen molar-refractivity contribution in [1.29, 1.82) is 0 Å². The van der Waals surface area contributed by atoms with Crippen molar-refractivity contribution >= 4 is 15.7 Å². The van der Waals surface area contributed by atoms with Crippen LogP contribution in [-0.4, -0.2) is 25.8 Å². The lowest BCUT2D eigenvalue weighted by Gasteiger charge is -2.20. The molecule has 1 aliphatic carbocycles. The summed E-state index contributed by atoms with van der Waals surface area (Å²) in [6.45, 7) is 5.03. The Kier molecular flexibility index (Phi) is 3.29. The molecule has 0 amide bonds. The number of aryl methyl sites for hydroxylation is 1.